The van der Waals surface area contributed by atoms with Gasteiger partial charge in [0.25, 0.3) is 0 Å². The smallest absolute Gasteiger partial charge is 0.335 e. The molecule has 1 heterocycles. The van der Waals surface area contributed by atoms with Gasteiger partial charge in [0.1, 0.15) is 12.4 Å². The summed E-state index contributed by atoms with van der Waals surface area (Å²) in [5.41, 5.74) is 3.11. The van der Waals surface area contributed by atoms with Crippen LogP contribution in [0.5, 0.6) is 5.75 Å². The van der Waals surface area contributed by atoms with Crippen molar-refractivity contribution in [2.24, 2.45) is 7.05 Å². The van der Waals surface area contributed by atoms with E-state index in [9.17, 15) is 4.79 Å². The number of hydrogen-bond acceptors (Lipinski definition) is 3. The molecule has 2 rings (SSSR count). The first-order valence-electron chi connectivity index (χ1n) is 6.49. The fourth-order valence-electron chi connectivity index (χ4n) is 1.92. The Bertz CT molecular complexity index is 632. The molecule has 1 aromatic heterocycles. The van der Waals surface area contributed by atoms with Gasteiger partial charge in [0, 0.05) is 7.05 Å². The number of benzene rings is 1. The highest BCUT2D eigenvalue weighted by Crippen LogP contribution is 2.21. The van der Waals surface area contributed by atoms with Gasteiger partial charge in [0.15, 0.2) is 0 Å². The summed E-state index contributed by atoms with van der Waals surface area (Å²) in [4.78, 5) is 11.0. The van der Waals surface area contributed by atoms with Crippen LogP contribution in [0.25, 0.3) is 0 Å². The second-order valence-corrected chi connectivity index (χ2v) is 4.68. The lowest BCUT2D eigenvalue weighted by Gasteiger charge is -2.10. The van der Waals surface area contributed by atoms with Crippen LogP contribution in [-0.2, 0) is 20.1 Å². The van der Waals surface area contributed by atoms with Crippen LogP contribution in [0.15, 0.2) is 24.3 Å². The zero-order valence-electron chi connectivity index (χ0n) is 11.9. The quantitative estimate of drug-likeness (QED) is 0.910. The van der Waals surface area contributed by atoms with Crippen LogP contribution in [0.2, 0.25) is 0 Å². The lowest BCUT2D eigenvalue weighted by atomic mass is 10.1. The zero-order valence-corrected chi connectivity index (χ0v) is 11.9. The maximum absolute atomic E-state index is 11.0. The molecule has 0 saturated carbocycles. The van der Waals surface area contributed by atoms with Crippen LogP contribution < -0.4 is 4.74 Å². The fraction of sp³-hybridized carbons (Fsp3) is 0.333. The number of carboxylic acids is 1. The number of hydrogen-bond donors (Lipinski definition) is 1. The molecule has 0 unspecified atom stereocenters. The molecule has 0 aliphatic heterocycles. The molecule has 0 aliphatic carbocycles. The molecule has 20 heavy (non-hydrogen) atoms. The lowest BCUT2D eigenvalue weighted by molar-refractivity contribution is 0.0696. The summed E-state index contributed by atoms with van der Waals surface area (Å²) in [7, 11) is 1.87. The molecule has 0 atom stereocenters. The number of carboxylic acid groups (broad SMARTS) is 1. The van der Waals surface area contributed by atoms with Gasteiger partial charge in [0.05, 0.1) is 17.0 Å². The third-order valence-electron chi connectivity index (χ3n) is 3.20. The van der Waals surface area contributed by atoms with Crippen LogP contribution in [0.3, 0.4) is 0 Å². The average molecular weight is 274 g/mol. The SMILES string of the molecule is CCc1cc(COc2cc(C(=O)O)ccc2C)n(C)n1. The Kier molecular flexibility index (Phi) is 4.08. The maximum Gasteiger partial charge on any atom is 0.335 e. The molecule has 5 nitrogen and oxygen atoms in total. The molecule has 5 heteroatoms. The van der Waals surface area contributed by atoms with Crippen molar-refractivity contribution in [3.8, 4) is 5.75 Å². The minimum atomic E-state index is -0.955. The highest BCUT2D eigenvalue weighted by Gasteiger charge is 2.09. The van der Waals surface area contributed by atoms with Gasteiger partial charge >= 0.3 is 5.97 Å². The van der Waals surface area contributed by atoms with E-state index >= 15 is 0 Å². The molecular weight excluding hydrogens is 256 g/mol. The summed E-state index contributed by atoms with van der Waals surface area (Å²) in [5.74, 6) is -0.368. The Hall–Kier alpha value is -2.30. The van der Waals surface area contributed by atoms with Gasteiger partial charge < -0.3 is 9.84 Å². The van der Waals surface area contributed by atoms with Crippen molar-refractivity contribution in [1.29, 1.82) is 0 Å². The van der Waals surface area contributed by atoms with Crippen molar-refractivity contribution in [2.75, 3.05) is 0 Å². The summed E-state index contributed by atoms with van der Waals surface area (Å²) in [6, 6.07) is 6.87. The topological polar surface area (TPSA) is 64.3 Å². The highest BCUT2D eigenvalue weighted by atomic mass is 16.5. The van der Waals surface area contributed by atoms with Gasteiger partial charge in [-0.2, -0.15) is 5.10 Å². The molecule has 1 aromatic carbocycles. The predicted octanol–water partition coefficient (Wildman–Crippen LogP) is 2.57. The minimum Gasteiger partial charge on any atom is -0.487 e. The number of aryl methyl sites for hydroxylation is 3. The standard InChI is InChI=1S/C15H18N2O3/c1-4-12-8-13(17(3)16-12)9-20-14-7-11(15(18)19)6-5-10(14)2/h5-8H,4,9H2,1-3H3,(H,18,19). The summed E-state index contributed by atoms with van der Waals surface area (Å²) in [6.07, 6.45) is 0.876. The molecule has 0 fully saturated rings. The lowest BCUT2D eigenvalue weighted by Crippen LogP contribution is -2.05. The summed E-state index contributed by atoms with van der Waals surface area (Å²) >= 11 is 0. The van der Waals surface area contributed by atoms with Crippen LogP contribution >= 0.6 is 0 Å². The largest absolute Gasteiger partial charge is 0.487 e. The number of carbonyl (C=O) groups is 1. The van der Waals surface area contributed by atoms with E-state index in [1.54, 1.807) is 22.9 Å². The summed E-state index contributed by atoms with van der Waals surface area (Å²) in [5, 5.41) is 13.3. The second-order valence-electron chi connectivity index (χ2n) is 4.68. The van der Waals surface area contributed by atoms with E-state index in [0.717, 1.165) is 23.4 Å². The van der Waals surface area contributed by atoms with Crippen molar-refractivity contribution >= 4 is 5.97 Å². The molecule has 1 N–H and O–H groups in total. The number of nitrogens with zero attached hydrogens (tertiary/aromatic N) is 2. The molecule has 2 aromatic rings. The molecular formula is C15H18N2O3. The van der Waals surface area contributed by atoms with E-state index in [2.05, 4.69) is 5.10 Å². The van der Waals surface area contributed by atoms with E-state index < -0.39 is 5.97 Å². The number of rotatable bonds is 5. The first-order valence-corrected chi connectivity index (χ1v) is 6.49. The van der Waals surface area contributed by atoms with Crippen LogP contribution in [-0.4, -0.2) is 20.9 Å². The van der Waals surface area contributed by atoms with Crippen molar-refractivity contribution in [3.63, 3.8) is 0 Å². The average Bonchev–Trinajstić information content (AvgIpc) is 2.78. The third kappa shape index (κ3) is 2.99. The molecule has 0 radical (unpaired) electrons. The van der Waals surface area contributed by atoms with Crippen LogP contribution in [0.4, 0.5) is 0 Å². The van der Waals surface area contributed by atoms with E-state index in [4.69, 9.17) is 9.84 Å². The molecule has 106 valence electrons. The Morgan fingerprint density at radius 1 is 1.40 bits per heavy atom. The number of aromatic nitrogens is 2. The van der Waals surface area contributed by atoms with E-state index in [1.165, 1.54) is 0 Å². The molecule has 0 bridgehead atoms. The molecule has 0 saturated heterocycles. The third-order valence-corrected chi connectivity index (χ3v) is 3.20. The summed E-state index contributed by atoms with van der Waals surface area (Å²) < 4.78 is 7.52. The van der Waals surface area contributed by atoms with Gasteiger partial charge in [-0.3, -0.25) is 4.68 Å². The fourth-order valence-corrected chi connectivity index (χ4v) is 1.92. The van der Waals surface area contributed by atoms with Crippen LogP contribution in [0, 0.1) is 6.92 Å². The number of aromatic carboxylic acids is 1. The van der Waals surface area contributed by atoms with Gasteiger partial charge in [-0.05, 0) is 37.1 Å². The predicted molar refractivity (Wildman–Crippen MR) is 75.1 cm³/mol. The number of ether oxygens (including phenoxy) is 1. The van der Waals surface area contributed by atoms with Crippen LogP contribution in [0.1, 0.15) is 34.2 Å². The second kappa shape index (κ2) is 5.77. The molecule has 0 aliphatic rings. The highest BCUT2D eigenvalue weighted by molar-refractivity contribution is 5.88. The monoisotopic (exact) mass is 274 g/mol. The van der Waals surface area contributed by atoms with Crippen molar-refractivity contribution < 1.29 is 14.6 Å². The summed E-state index contributed by atoms with van der Waals surface area (Å²) in [6.45, 7) is 4.31. The first kappa shape index (κ1) is 14.1. The Balaban J connectivity index is 2.15. The first-order chi connectivity index (χ1) is 9.51. The van der Waals surface area contributed by atoms with Gasteiger partial charge in [-0.25, -0.2) is 4.79 Å². The normalized spacial score (nSPS) is 10.6. The molecule has 0 spiro atoms. The van der Waals surface area contributed by atoms with Gasteiger partial charge in [-0.15, -0.1) is 0 Å². The zero-order chi connectivity index (χ0) is 14.7. The Morgan fingerprint density at radius 2 is 2.15 bits per heavy atom. The Morgan fingerprint density at radius 3 is 2.75 bits per heavy atom. The van der Waals surface area contributed by atoms with Crippen molar-refractivity contribution in [2.45, 2.75) is 26.9 Å². The van der Waals surface area contributed by atoms with E-state index in [-0.39, 0.29) is 5.56 Å². The Labute approximate surface area is 117 Å². The molecule has 0 amide bonds. The van der Waals surface area contributed by atoms with Crippen molar-refractivity contribution in [3.05, 3.63) is 46.8 Å². The maximum atomic E-state index is 11.0. The van der Waals surface area contributed by atoms with E-state index in [0.29, 0.717) is 12.4 Å². The van der Waals surface area contributed by atoms with Crippen molar-refractivity contribution in [1.82, 2.24) is 9.78 Å². The van der Waals surface area contributed by atoms with Gasteiger partial charge in [0.2, 0.25) is 0 Å². The van der Waals surface area contributed by atoms with Gasteiger partial charge in [-0.1, -0.05) is 13.0 Å². The van der Waals surface area contributed by atoms with E-state index in [1.807, 2.05) is 27.0 Å². The minimum absolute atomic E-state index is 0.227.